The Kier molecular flexibility index (Phi) is 5.98. The van der Waals surface area contributed by atoms with Crippen LogP contribution >= 0.6 is 0 Å². The topological polar surface area (TPSA) is 0 Å². The molecule has 0 radical (unpaired) electrons. The van der Waals surface area contributed by atoms with Crippen molar-refractivity contribution < 1.29 is 4.39 Å². The van der Waals surface area contributed by atoms with E-state index in [1.54, 1.807) is 0 Å². The minimum atomic E-state index is -0.223. The number of benzene rings is 7. The van der Waals surface area contributed by atoms with Gasteiger partial charge in [-0.2, -0.15) is 0 Å². The molecule has 0 amide bonds. The van der Waals surface area contributed by atoms with Crippen molar-refractivity contribution in [3.63, 3.8) is 0 Å². The minimum absolute atomic E-state index is 0.0817. The van der Waals surface area contributed by atoms with Crippen LogP contribution in [0.2, 0.25) is 0 Å². The van der Waals surface area contributed by atoms with Crippen molar-refractivity contribution in [2.24, 2.45) is 0 Å². The average Bonchev–Trinajstić information content (AvgIpc) is 2.99. The van der Waals surface area contributed by atoms with E-state index in [2.05, 4.69) is 130 Å². The summed E-state index contributed by atoms with van der Waals surface area (Å²) >= 11 is 0. The lowest BCUT2D eigenvalue weighted by molar-refractivity contribution is 0.590. The van der Waals surface area contributed by atoms with Gasteiger partial charge >= 0.3 is 0 Å². The molecule has 0 atom stereocenters. The Balaban J connectivity index is 1.58. The smallest absolute Gasteiger partial charge is 0.123 e. The summed E-state index contributed by atoms with van der Waals surface area (Å²) in [6.45, 7) is 6.75. The van der Waals surface area contributed by atoms with E-state index in [-0.39, 0.29) is 11.2 Å². The highest BCUT2D eigenvalue weighted by Gasteiger charge is 2.19. The highest BCUT2D eigenvalue weighted by Crippen LogP contribution is 2.45. The average molecular weight is 531 g/mol. The SMILES string of the molecule is CC(C)(C)c1ccc(-c2c3ccccc3c(-c3ccc4ccccc4c3)c3ccc(-c4ccc(F)cc4)cc23)cc1. The van der Waals surface area contributed by atoms with Crippen molar-refractivity contribution >= 4 is 32.3 Å². The third kappa shape index (κ3) is 4.48. The molecule has 198 valence electrons. The molecule has 0 N–H and O–H groups in total. The highest BCUT2D eigenvalue weighted by atomic mass is 19.1. The van der Waals surface area contributed by atoms with Crippen molar-refractivity contribution in [1.82, 2.24) is 0 Å². The zero-order valence-corrected chi connectivity index (χ0v) is 23.6. The van der Waals surface area contributed by atoms with Gasteiger partial charge in [0, 0.05) is 0 Å². The van der Waals surface area contributed by atoms with Crippen LogP contribution in [0, 0.1) is 5.82 Å². The molecule has 41 heavy (non-hydrogen) atoms. The summed E-state index contributed by atoms with van der Waals surface area (Å²) in [5.41, 5.74) is 8.33. The van der Waals surface area contributed by atoms with E-state index in [1.165, 1.54) is 72.3 Å². The molecule has 0 fully saturated rings. The van der Waals surface area contributed by atoms with Gasteiger partial charge in [-0.3, -0.25) is 0 Å². The number of hydrogen-bond donors (Lipinski definition) is 0. The summed E-state index contributed by atoms with van der Waals surface area (Å²) < 4.78 is 13.8. The van der Waals surface area contributed by atoms with E-state index in [9.17, 15) is 4.39 Å². The predicted molar refractivity (Wildman–Crippen MR) is 174 cm³/mol. The number of halogens is 1. The predicted octanol–water partition coefficient (Wildman–Crippen LogP) is 11.6. The maximum Gasteiger partial charge on any atom is 0.123 e. The normalized spacial score (nSPS) is 11.9. The summed E-state index contributed by atoms with van der Waals surface area (Å²) in [5.74, 6) is -0.223. The first-order valence-electron chi connectivity index (χ1n) is 14.2. The Morgan fingerprint density at radius 3 is 1.63 bits per heavy atom. The van der Waals surface area contributed by atoms with Crippen LogP contribution in [0.3, 0.4) is 0 Å². The summed E-state index contributed by atoms with van der Waals surface area (Å²) in [7, 11) is 0. The van der Waals surface area contributed by atoms with Crippen LogP contribution in [0.5, 0.6) is 0 Å². The molecule has 0 aromatic heterocycles. The molecule has 0 aliphatic carbocycles. The van der Waals surface area contributed by atoms with Gasteiger partial charge in [-0.25, -0.2) is 4.39 Å². The van der Waals surface area contributed by atoms with Crippen molar-refractivity contribution in [1.29, 1.82) is 0 Å². The maximum atomic E-state index is 13.8. The van der Waals surface area contributed by atoms with E-state index in [0.29, 0.717) is 0 Å². The van der Waals surface area contributed by atoms with Crippen LogP contribution in [0.4, 0.5) is 4.39 Å². The summed E-state index contributed by atoms with van der Waals surface area (Å²) in [6, 6.07) is 46.6. The molecule has 0 unspecified atom stereocenters. The molecule has 0 saturated heterocycles. The lowest BCUT2D eigenvalue weighted by atomic mass is 9.83. The molecule has 7 aromatic carbocycles. The summed E-state index contributed by atoms with van der Waals surface area (Å²) in [5, 5.41) is 7.32. The minimum Gasteiger partial charge on any atom is -0.207 e. The van der Waals surface area contributed by atoms with Crippen LogP contribution < -0.4 is 0 Å². The zero-order valence-electron chi connectivity index (χ0n) is 23.6. The van der Waals surface area contributed by atoms with Gasteiger partial charge in [0.1, 0.15) is 5.82 Å². The van der Waals surface area contributed by atoms with Crippen LogP contribution in [-0.4, -0.2) is 0 Å². The molecule has 0 saturated carbocycles. The fourth-order valence-corrected chi connectivity index (χ4v) is 6.10. The first-order chi connectivity index (χ1) is 19.9. The molecule has 0 heterocycles. The quantitative estimate of drug-likeness (QED) is 0.199. The Morgan fingerprint density at radius 1 is 0.415 bits per heavy atom. The third-order valence-corrected chi connectivity index (χ3v) is 8.28. The standard InChI is InChI=1S/C40H31F/c1-40(2,3)32-19-14-28(15-20-32)38-34-10-6-7-11-35(34)39(31-13-12-26-8-4-5-9-29(26)24-31)36-23-18-30(25-37(36)38)27-16-21-33(41)22-17-27/h4-25H,1-3H3. The van der Waals surface area contributed by atoms with Crippen molar-refractivity contribution in [2.45, 2.75) is 26.2 Å². The molecule has 1 heteroatoms. The fraction of sp³-hybridized carbons (Fsp3) is 0.100. The molecule has 0 aliphatic rings. The van der Waals surface area contributed by atoms with Crippen LogP contribution in [0.25, 0.3) is 65.7 Å². The van der Waals surface area contributed by atoms with Gasteiger partial charge in [0.2, 0.25) is 0 Å². The van der Waals surface area contributed by atoms with E-state index in [4.69, 9.17) is 0 Å². The Hall–Kier alpha value is -4.75. The Morgan fingerprint density at radius 2 is 0.951 bits per heavy atom. The first-order valence-corrected chi connectivity index (χ1v) is 14.2. The third-order valence-electron chi connectivity index (χ3n) is 8.28. The lowest BCUT2D eigenvalue weighted by Crippen LogP contribution is -2.10. The molecule has 0 spiro atoms. The van der Waals surface area contributed by atoms with Gasteiger partial charge in [-0.1, -0.05) is 130 Å². The van der Waals surface area contributed by atoms with Gasteiger partial charge in [0.05, 0.1) is 0 Å². The second kappa shape index (κ2) is 9.71. The van der Waals surface area contributed by atoms with Crippen molar-refractivity contribution in [3.8, 4) is 33.4 Å². The molecule has 7 aromatic rings. The first kappa shape index (κ1) is 25.2. The van der Waals surface area contributed by atoms with Gasteiger partial charge in [-0.05, 0) is 101 Å². The largest absolute Gasteiger partial charge is 0.207 e. The lowest BCUT2D eigenvalue weighted by Gasteiger charge is -2.21. The zero-order chi connectivity index (χ0) is 28.1. The maximum absolute atomic E-state index is 13.8. The van der Waals surface area contributed by atoms with Crippen molar-refractivity contribution in [3.05, 3.63) is 145 Å². The monoisotopic (exact) mass is 530 g/mol. The second-order valence-electron chi connectivity index (χ2n) is 12.0. The van der Waals surface area contributed by atoms with Gasteiger partial charge in [-0.15, -0.1) is 0 Å². The van der Waals surface area contributed by atoms with Gasteiger partial charge < -0.3 is 0 Å². The Labute approximate surface area is 240 Å². The Bertz CT molecular complexity index is 2060. The number of fused-ring (bicyclic) bond motifs is 3. The molecule has 0 bridgehead atoms. The number of hydrogen-bond acceptors (Lipinski definition) is 0. The van der Waals surface area contributed by atoms with Crippen LogP contribution in [0.1, 0.15) is 26.3 Å². The van der Waals surface area contributed by atoms with Crippen molar-refractivity contribution in [2.75, 3.05) is 0 Å². The molecule has 7 rings (SSSR count). The van der Waals surface area contributed by atoms with Crippen LogP contribution in [0.15, 0.2) is 133 Å². The van der Waals surface area contributed by atoms with E-state index < -0.39 is 0 Å². The fourth-order valence-electron chi connectivity index (χ4n) is 6.10. The summed E-state index contributed by atoms with van der Waals surface area (Å²) in [6.07, 6.45) is 0. The van der Waals surface area contributed by atoms with Gasteiger partial charge in [0.25, 0.3) is 0 Å². The molecular formula is C40H31F. The van der Waals surface area contributed by atoms with Gasteiger partial charge in [0.15, 0.2) is 0 Å². The molecule has 0 nitrogen and oxygen atoms in total. The molecule has 0 aliphatic heterocycles. The van der Waals surface area contributed by atoms with E-state index in [0.717, 1.165) is 11.1 Å². The van der Waals surface area contributed by atoms with E-state index in [1.807, 2.05) is 12.1 Å². The van der Waals surface area contributed by atoms with Crippen LogP contribution in [-0.2, 0) is 5.41 Å². The van der Waals surface area contributed by atoms with E-state index >= 15 is 0 Å². The summed E-state index contributed by atoms with van der Waals surface area (Å²) in [4.78, 5) is 0. The second-order valence-corrected chi connectivity index (χ2v) is 12.0. The highest BCUT2D eigenvalue weighted by molar-refractivity contribution is 6.22. The molecular weight excluding hydrogens is 499 g/mol. The number of rotatable bonds is 3.